The van der Waals surface area contributed by atoms with Crippen molar-refractivity contribution in [3.8, 4) is 0 Å². The maximum atomic E-state index is 11.8. The number of unbranched alkanes of at least 4 members (excludes halogenated alkanes) is 3. The first-order valence-electron chi connectivity index (χ1n) is 5.80. The number of hydrogen-bond donors (Lipinski definition) is 0. The molecule has 0 fully saturated rings. The van der Waals surface area contributed by atoms with Crippen molar-refractivity contribution in [1.29, 1.82) is 0 Å². The quantitative estimate of drug-likeness (QED) is 0.402. The summed E-state index contributed by atoms with van der Waals surface area (Å²) in [7, 11) is 1.82. The molecule has 0 aliphatic carbocycles. The third-order valence-electron chi connectivity index (χ3n) is 2.60. The van der Waals surface area contributed by atoms with Crippen molar-refractivity contribution in [1.82, 2.24) is 9.78 Å². The molecule has 0 saturated heterocycles. The van der Waals surface area contributed by atoms with Crippen molar-refractivity contribution in [2.75, 3.05) is 0 Å². The van der Waals surface area contributed by atoms with Gasteiger partial charge in [0.2, 0.25) is 0 Å². The zero-order valence-corrected chi connectivity index (χ0v) is 10.2. The summed E-state index contributed by atoms with van der Waals surface area (Å²) < 4.78 is 1.67. The number of aryl methyl sites for hydroxylation is 2. The van der Waals surface area contributed by atoms with Crippen LogP contribution in [0.1, 0.15) is 48.3 Å². The van der Waals surface area contributed by atoms with Crippen molar-refractivity contribution in [3.63, 3.8) is 0 Å². The van der Waals surface area contributed by atoms with Gasteiger partial charge in [0.1, 0.15) is 5.69 Å². The smallest absolute Gasteiger partial charge is 0.180 e. The Bertz CT molecular complexity index is 366. The minimum atomic E-state index is 0.196. The second kappa shape index (κ2) is 6.26. The van der Waals surface area contributed by atoms with Crippen LogP contribution < -0.4 is 0 Å². The molecule has 0 radical (unpaired) electrons. The van der Waals surface area contributed by atoms with Crippen LogP contribution in [-0.2, 0) is 7.05 Å². The molecule has 3 heteroatoms. The van der Waals surface area contributed by atoms with Gasteiger partial charge in [-0.15, -0.1) is 6.58 Å². The van der Waals surface area contributed by atoms with Crippen LogP contribution in [0.2, 0.25) is 0 Å². The molecular weight excluding hydrogens is 200 g/mol. The van der Waals surface area contributed by atoms with E-state index in [9.17, 15) is 4.79 Å². The summed E-state index contributed by atoms with van der Waals surface area (Å²) in [5.74, 6) is 0.196. The van der Waals surface area contributed by atoms with E-state index in [0.29, 0.717) is 6.42 Å². The summed E-state index contributed by atoms with van der Waals surface area (Å²) in [6.07, 6.45) is 6.76. The third kappa shape index (κ3) is 3.65. The first kappa shape index (κ1) is 12.7. The lowest BCUT2D eigenvalue weighted by molar-refractivity contribution is 0.0970. The molecule has 88 valence electrons. The Morgan fingerprint density at radius 2 is 2.25 bits per heavy atom. The fraction of sp³-hybridized carbons (Fsp3) is 0.538. The Kier molecular flexibility index (Phi) is 4.96. The van der Waals surface area contributed by atoms with Crippen LogP contribution in [0.4, 0.5) is 0 Å². The van der Waals surface area contributed by atoms with E-state index in [4.69, 9.17) is 0 Å². The number of nitrogens with zero attached hydrogens (tertiary/aromatic N) is 2. The van der Waals surface area contributed by atoms with Crippen molar-refractivity contribution in [2.24, 2.45) is 7.05 Å². The number of ketones is 1. The Labute approximate surface area is 97.2 Å². The molecule has 0 aliphatic rings. The lowest BCUT2D eigenvalue weighted by Gasteiger charge is -2.00. The minimum absolute atomic E-state index is 0.196. The van der Waals surface area contributed by atoms with E-state index < -0.39 is 0 Å². The molecule has 1 heterocycles. The van der Waals surface area contributed by atoms with Crippen LogP contribution >= 0.6 is 0 Å². The molecule has 1 rings (SSSR count). The molecule has 1 aromatic heterocycles. The number of carbonyl (C=O) groups is 1. The van der Waals surface area contributed by atoms with E-state index in [-0.39, 0.29) is 5.78 Å². The molecule has 0 saturated carbocycles. The Balaban J connectivity index is 2.35. The van der Waals surface area contributed by atoms with Crippen LogP contribution in [0.15, 0.2) is 18.7 Å². The number of hydrogen-bond acceptors (Lipinski definition) is 2. The van der Waals surface area contributed by atoms with Crippen LogP contribution in [0, 0.1) is 6.92 Å². The van der Waals surface area contributed by atoms with Crippen molar-refractivity contribution in [2.45, 2.75) is 39.0 Å². The first-order chi connectivity index (χ1) is 7.65. The van der Waals surface area contributed by atoms with E-state index >= 15 is 0 Å². The molecule has 0 atom stereocenters. The highest BCUT2D eigenvalue weighted by atomic mass is 16.1. The van der Waals surface area contributed by atoms with Gasteiger partial charge in [-0.25, -0.2) is 0 Å². The second-order valence-corrected chi connectivity index (χ2v) is 4.11. The number of rotatable bonds is 7. The summed E-state index contributed by atoms with van der Waals surface area (Å²) in [6.45, 7) is 5.58. The summed E-state index contributed by atoms with van der Waals surface area (Å²) in [4.78, 5) is 11.8. The topological polar surface area (TPSA) is 34.9 Å². The fourth-order valence-corrected chi connectivity index (χ4v) is 1.75. The average Bonchev–Trinajstić information content (AvgIpc) is 2.57. The maximum Gasteiger partial charge on any atom is 0.180 e. The minimum Gasteiger partial charge on any atom is -0.292 e. The summed E-state index contributed by atoms with van der Waals surface area (Å²) in [5.41, 5.74) is 1.62. The Morgan fingerprint density at radius 3 is 2.81 bits per heavy atom. The number of Topliss-reactive ketones (excluding diaryl/α,β-unsaturated/α-hetero) is 1. The van der Waals surface area contributed by atoms with Gasteiger partial charge >= 0.3 is 0 Å². The molecule has 0 spiro atoms. The predicted molar refractivity (Wildman–Crippen MR) is 65.6 cm³/mol. The zero-order chi connectivity index (χ0) is 12.0. The summed E-state index contributed by atoms with van der Waals surface area (Å²) in [5, 5.41) is 4.17. The van der Waals surface area contributed by atoms with E-state index in [1.54, 1.807) is 4.68 Å². The highest BCUT2D eigenvalue weighted by molar-refractivity contribution is 5.94. The van der Waals surface area contributed by atoms with Gasteiger partial charge in [-0.3, -0.25) is 9.48 Å². The molecule has 0 N–H and O–H groups in total. The van der Waals surface area contributed by atoms with E-state index in [1.807, 2.05) is 26.1 Å². The monoisotopic (exact) mass is 220 g/mol. The van der Waals surface area contributed by atoms with Crippen LogP contribution in [0.25, 0.3) is 0 Å². The third-order valence-corrected chi connectivity index (χ3v) is 2.60. The molecule has 0 aromatic carbocycles. The van der Waals surface area contributed by atoms with Crippen LogP contribution in [0.5, 0.6) is 0 Å². The zero-order valence-electron chi connectivity index (χ0n) is 10.2. The SMILES string of the molecule is C=CCCCCCC(=O)c1cc(C)nn1C. The van der Waals surface area contributed by atoms with Gasteiger partial charge in [-0.1, -0.05) is 12.5 Å². The number of allylic oxidation sites excluding steroid dienone is 1. The highest BCUT2D eigenvalue weighted by Gasteiger charge is 2.10. The molecular formula is C13H20N2O. The van der Waals surface area contributed by atoms with Crippen molar-refractivity contribution < 1.29 is 4.79 Å². The molecule has 0 unspecified atom stereocenters. The average molecular weight is 220 g/mol. The van der Waals surface area contributed by atoms with Gasteiger partial charge in [0.25, 0.3) is 0 Å². The fourth-order valence-electron chi connectivity index (χ4n) is 1.75. The predicted octanol–water partition coefficient (Wildman–Crippen LogP) is 3.05. The van der Waals surface area contributed by atoms with Crippen molar-refractivity contribution >= 4 is 5.78 Å². The van der Waals surface area contributed by atoms with E-state index in [1.165, 1.54) is 0 Å². The standard InChI is InChI=1S/C13H20N2O/c1-4-5-6-7-8-9-13(16)12-10-11(2)14-15(12)3/h4,10H,1,5-9H2,2-3H3. The van der Waals surface area contributed by atoms with Gasteiger partial charge in [0.15, 0.2) is 5.78 Å². The largest absolute Gasteiger partial charge is 0.292 e. The van der Waals surface area contributed by atoms with E-state index in [0.717, 1.165) is 37.1 Å². The molecule has 1 aromatic rings. The summed E-state index contributed by atoms with van der Waals surface area (Å²) in [6, 6.07) is 1.85. The molecule has 0 bridgehead atoms. The molecule has 3 nitrogen and oxygen atoms in total. The lowest BCUT2D eigenvalue weighted by Crippen LogP contribution is -2.06. The van der Waals surface area contributed by atoms with Gasteiger partial charge < -0.3 is 0 Å². The van der Waals surface area contributed by atoms with Gasteiger partial charge in [-0.05, 0) is 32.3 Å². The number of aromatic nitrogens is 2. The molecule has 0 aliphatic heterocycles. The highest BCUT2D eigenvalue weighted by Crippen LogP contribution is 2.10. The second-order valence-electron chi connectivity index (χ2n) is 4.11. The first-order valence-corrected chi connectivity index (χ1v) is 5.80. The maximum absolute atomic E-state index is 11.8. The van der Waals surface area contributed by atoms with Gasteiger partial charge in [0.05, 0.1) is 5.69 Å². The molecule has 0 amide bonds. The number of carbonyl (C=O) groups excluding carboxylic acids is 1. The molecule has 16 heavy (non-hydrogen) atoms. The van der Waals surface area contributed by atoms with Gasteiger partial charge in [0, 0.05) is 13.5 Å². The lowest BCUT2D eigenvalue weighted by atomic mass is 10.1. The Hall–Kier alpha value is -1.38. The van der Waals surface area contributed by atoms with Crippen LogP contribution in [-0.4, -0.2) is 15.6 Å². The van der Waals surface area contributed by atoms with Gasteiger partial charge in [-0.2, -0.15) is 5.10 Å². The van der Waals surface area contributed by atoms with Crippen molar-refractivity contribution in [3.05, 3.63) is 30.1 Å². The summed E-state index contributed by atoms with van der Waals surface area (Å²) >= 11 is 0. The van der Waals surface area contributed by atoms with E-state index in [2.05, 4.69) is 11.7 Å². The Morgan fingerprint density at radius 1 is 1.50 bits per heavy atom. The van der Waals surface area contributed by atoms with Crippen LogP contribution in [0.3, 0.4) is 0 Å². The normalized spacial score (nSPS) is 10.4.